The number of anilines is 1. The Morgan fingerprint density at radius 3 is 2.59 bits per heavy atom. The Morgan fingerprint density at radius 1 is 1.07 bits per heavy atom. The van der Waals surface area contributed by atoms with Crippen LogP contribution >= 0.6 is 0 Å². The second-order valence-corrected chi connectivity index (χ2v) is 6.52. The van der Waals surface area contributed by atoms with Gasteiger partial charge in [-0.05, 0) is 49.2 Å². The number of amides is 1. The summed E-state index contributed by atoms with van der Waals surface area (Å²) in [4.78, 5) is 14.8. The first-order valence-corrected chi connectivity index (χ1v) is 9.04. The number of hydrogen-bond acceptors (Lipinski definition) is 5. The molecule has 1 N–H and O–H groups in total. The Labute approximate surface area is 160 Å². The number of benzene rings is 2. The Morgan fingerprint density at radius 2 is 1.85 bits per heavy atom. The lowest BCUT2D eigenvalue weighted by Gasteiger charge is -2.24. The van der Waals surface area contributed by atoms with Crippen molar-refractivity contribution in [1.82, 2.24) is 4.90 Å². The summed E-state index contributed by atoms with van der Waals surface area (Å²) in [5.41, 5.74) is 1.82. The molecule has 1 aliphatic rings. The van der Waals surface area contributed by atoms with Crippen LogP contribution in [0.2, 0.25) is 0 Å². The minimum absolute atomic E-state index is 0.0618. The van der Waals surface area contributed by atoms with Gasteiger partial charge in [0.25, 0.3) is 0 Å². The van der Waals surface area contributed by atoms with Crippen LogP contribution in [0, 0.1) is 0 Å². The molecule has 1 heterocycles. The van der Waals surface area contributed by atoms with Crippen LogP contribution in [-0.2, 0) is 4.79 Å². The second kappa shape index (κ2) is 8.77. The zero-order valence-electron chi connectivity index (χ0n) is 16.0. The smallest absolute Gasteiger partial charge is 0.238 e. The number of carbonyl (C=O) groups excluding carboxylic acids is 1. The number of carbonyl (C=O) groups is 1. The van der Waals surface area contributed by atoms with Crippen LogP contribution in [0.3, 0.4) is 0 Å². The van der Waals surface area contributed by atoms with Gasteiger partial charge in [0.1, 0.15) is 17.2 Å². The summed E-state index contributed by atoms with van der Waals surface area (Å²) >= 11 is 0. The summed E-state index contributed by atoms with van der Waals surface area (Å²) in [5, 5.41) is 2.95. The highest BCUT2D eigenvalue weighted by Crippen LogP contribution is 2.33. The van der Waals surface area contributed by atoms with Gasteiger partial charge < -0.3 is 19.5 Å². The van der Waals surface area contributed by atoms with Crippen molar-refractivity contribution >= 4 is 11.6 Å². The minimum Gasteiger partial charge on any atom is -0.497 e. The van der Waals surface area contributed by atoms with Crippen LogP contribution in [0.1, 0.15) is 24.4 Å². The maximum absolute atomic E-state index is 12.6. The van der Waals surface area contributed by atoms with Gasteiger partial charge in [0, 0.05) is 12.1 Å². The van der Waals surface area contributed by atoms with E-state index in [0.29, 0.717) is 23.7 Å². The van der Waals surface area contributed by atoms with E-state index in [-0.39, 0.29) is 11.9 Å². The zero-order valence-corrected chi connectivity index (χ0v) is 16.0. The molecule has 0 unspecified atom stereocenters. The first-order chi connectivity index (χ1) is 13.1. The highest BCUT2D eigenvalue weighted by atomic mass is 16.5. The molecule has 0 aromatic heterocycles. The average Bonchev–Trinajstić information content (AvgIpc) is 3.16. The summed E-state index contributed by atoms with van der Waals surface area (Å²) in [6, 6.07) is 13.6. The quantitative estimate of drug-likeness (QED) is 0.808. The monoisotopic (exact) mass is 370 g/mol. The van der Waals surface area contributed by atoms with Crippen LogP contribution in [0.25, 0.3) is 0 Å². The fraction of sp³-hybridized carbons (Fsp3) is 0.381. The summed E-state index contributed by atoms with van der Waals surface area (Å²) in [6.07, 6.45) is 2.10. The predicted octanol–water partition coefficient (Wildman–Crippen LogP) is 3.49. The van der Waals surface area contributed by atoms with Crippen molar-refractivity contribution in [3.8, 4) is 17.2 Å². The van der Waals surface area contributed by atoms with E-state index < -0.39 is 0 Å². The molecule has 1 fully saturated rings. The van der Waals surface area contributed by atoms with Crippen LogP contribution in [-0.4, -0.2) is 45.2 Å². The standard InChI is InChI=1S/C21H26N2O4/c1-25-16-7-4-6-15(12-16)19-8-5-11-23(19)14-21(24)22-18-10-9-17(26-2)13-20(18)27-3/h4,6-7,9-10,12-13,19H,5,8,11,14H2,1-3H3,(H,22,24)/t19-/m1/s1. The number of methoxy groups -OCH3 is 3. The van der Waals surface area contributed by atoms with Gasteiger partial charge in [-0.1, -0.05) is 12.1 Å². The average molecular weight is 370 g/mol. The second-order valence-electron chi connectivity index (χ2n) is 6.52. The topological polar surface area (TPSA) is 60.0 Å². The van der Waals surface area contributed by atoms with Crippen LogP contribution in [0.4, 0.5) is 5.69 Å². The largest absolute Gasteiger partial charge is 0.497 e. The van der Waals surface area contributed by atoms with Crippen LogP contribution in [0.5, 0.6) is 17.2 Å². The van der Waals surface area contributed by atoms with E-state index in [1.807, 2.05) is 18.2 Å². The molecule has 1 atom stereocenters. The minimum atomic E-state index is -0.0618. The van der Waals surface area contributed by atoms with Gasteiger partial charge in [0.05, 0.1) is 33.6 Å². The first-order valence-electron chi connectivity index (χ1n) is 9.04. The van der Waals surface area contributed by atoms with Gasteiger partial charge in [-0.3, -0.25) is 9.69 Å². The molecule has 2 aromatic carbocycles. The third-order valence-corrected chi connectivity index (χ3v) is 4.87. The lowest BCUT2D eigenvalue weighted by Crippen LogP contribution is -2.33. The summed E-state index contributed by atoms with van der Waals surface area (Å²) in [5.74, 6) is 2.04. The Kier molecular flexibility index (Phi) is 6.19. The van der Waals surface area contributed by atoms with E-state index in [4.69, 9.17) is 14.2 Å². The number of hydrogen-bond donors (Lipinski definition) is 1. The normalized spacial score (nSPS) is 16.8. The summed E-state index contributed by atoms with van der Waals surface area (Å²) in [6.45, 7) is 1.23. The summed E-state index contributed by atoms with van der Waals surface area (Å²) in [7, 11) is 4.84. The van der Waals surface area contributed by atoms with Gasteiger partial charge >= 0.3 is 0 Å². The van der Waals surface area contributed by atoms with Gasteiger partial charge in [-0.2, -0.15) is 0 Å². The van der Waals surface area contributed by atoms with E-state index in [1.54, 1.807) is 39.5 Å². The number of nitrogens with one attached hydrogen (secondary N) is 1. The Balaban J connectivity index is 1.68. The molecule has 0 spiro atoms. The summed E-state index contributed by atoms with van der Waals surface area (Å²) < 4.78 is 15.9. The highest BCUT2D eigenvalue weighted by Gasteiger charge is 2.28. The number of likely N-dealkylation sites (tertiary alicyclic amines) is 1. The van der Waals surface area contributed by atoms with Gasteiger partial charge in [0.15, 0.2) is 0 Å². The van der Waals surface area contributed by atoms with Crippen molar-refractivity contribution in [2.24, 2.45) is 0 Å². The van der Waals surface area contributed by atoms with Gasteiger partial charge in [-0.15, -0.1) is 0 Å². The van der Waals surface area contributed by atoms with E-state index >= 15 is 0 Å². The first kappa shape index (κ1) is 19.0. The molecule has 1 saturated heterocycles. The lowest BCUT2D eigenvalue weighted by molar-refractivity contribution is -0.117. The van der Waals surface area contributed by atoms with Crippen molar-refractivity contribution < 1.29 is 19.0 Å². The van der Waals surface area contributed by atoms with Crippen molar-refractivity contribution in [2.75, 3.05) is 39.7 Å². The third kappa shape index (κ3) is 4.52. The van der Waals surface area contributed by atoms with Gasteiger partial charge in [-0.25, -0.2) is 0 Å². The van der Waals surface area contributed by atoms with E-state index in [9.17, 15) is 4.79 Å². The maximum Gasteiger partial charge on any atom is 0.238 e. The molecule has 6 heteroatoms. The molecular formula is C21H26N2O4. The number of ether oxygens (including phenoxy) is 3. The number of rotatable bonds is 7. The van der Waals surface area contributed by atoms with Crippen molar-refractivity contribution in [1.29, 1.82) is 0 Å². The Bertz CT molecular complexity index is 794. The highest BCUT2D eigenvalue weighted by molar-refractivity contribution is 5.93. The van der Waals surface area contributed by atoms with Crippen LogP contribution < -0.4 is 19.5 Å². The molecule has 1 aliphatic heterocycles. The molecule has 3 rings (SSSR count). The predicted molar refractivity (Wildman–Crippen MR) is 105 cm³/mol. The molecule has 144 valence electrons. The zero-order chi connectivity index (χ0) is 19.2. The van der Waals surface area contributed by atoms with E-state index in [0.717, 1.165) is 25.1 Å². The fourth-order valence-electron chi connectivity index (χ4n) is 3.52. The fourth-order valence-corrected chi connectivity index (χ4v) is 3.52. The molecule has 0 aliphatic carbocycles. The van der Waals surface area contributed by atoms with Crippen molar-refractivity contribution in [2.45, 2.75) is 18.9 Å². The molecule has 2 aromatic rings. The molecule has 0 saturated carbocycles. The van der Waals surface area contributed by atoms with Crippen molar-refractivity contribution in [3.05, 3.63) is 48.0 Å². The van der Waals surface area contributed by atoms with Crippen LogP contribution in [0.15, 0.2) is 42.5 Å². The molecule has 0 radical (unpaired) electrons. The van der Waals surface area contributed by atoms with Crippen molar-refractivity contribution in [3.63, 3.8) is 0 Å². The Hall–Kier alpha value is -2.73. The van der Waals surface area contributed by atoms with Gasteiger partial charge in [0.2, 0.25) is 5.91 Å². The van der Waals surface area contributed by atoms with E-state index in [1.165, 1.54) is 5.56 Å². The molecular weight excluding hydrogens is 344 g/mol. The van der Waals surface area contributed by atoms with E-state index in [2.05, 4.69) is 16.3 Å². The third-order valence-electron chi connectivity index (χ3n) is 4.87. The molecule has 27 heavy (non-hydrogen) atoms. The molecule has 1 amide bonds. The SMILES string of the molecule is COc1cccc([C@H]2CCCN2CC(=O)Nc2ccc(OC)cc2OC)c1. The molecule has 0 bridgehead atoms. The molecule has 6 nitrogen and oxygen atoms in total. The lowest BCUT2D eigenvalue weighted by atomic mass is 10.0. The maximum atomic E-state index is 12.6. The number of nitrogens with zero attached hydrogens (tertiary/aromatic N) is 1.